The van der Waals surface area contributed by atoms with Crippen LogP contribution in [0, 0.1) is 5.82 Å². The van der Waals surface area contributed by atoms with E-state index in [1.54, 1.807) is 6.07 Å². The third-order valence-corrected chi connectivity index (χ3v) is 6.95. The number of rotatable bonds is 7. The molecule has 3 N–H and O–H groups in total. The molecule has 0 spiro atoms. The Morgan fingerprint density at radius 1 is 1.31 bits per heavy atom. The fourth-order valence-corrected chi connectivity index (χ4v) is 5.11. The van der Waals surface area contributed by atoms with E-state index in [0.717, 1.165) is 21.7 Å². The zero-order chi connectivity index (χ0) is 19.5. The Morgan fingerprint density at radius 2 is 2.00 bits per heavy atom. The lowest BCUT2D eigenvalue weighted by atomic mass is 10.1. The number of nitrogens with one attached hydrogen (secondary N) is 1. The zero-order valence-corrected chi connectivity index (χ0v) is 15.7. The highest BCUT2D eigenvalue weighted by atomic mass is 32.2. The fraction of sp³-hybridized carbons (Fsp3) is 0.250. The molecule has 0 radical (unpaired) electrons. The summed E-state index contributed by atoms with van der Waals surface area (Å²) in [6.45, 7) is 1.55. The van der Waals surface area contributed by atoms with E-state index in [1.807, 2.05) is 0 Å². The number of amides is 2. The quantitative estimate of drug-likeness (QED) is 0.733. The molecular weight excluding hydrogens is 381 g/mol. The minimum atomic E-state index is -4.05. The van der Waals surface area contributed by atoms with Gasteiger partial charge in [-0.25, -0.2) is 12.8 Å². The van der Waals surface area contributed by atoms with Crippen LogP contribution in [-0.2, 0) is 26.2 Å². The van der Waals surface area contributed by atoms with Crippen LogP contribution in [0.5, 0.6) is 0 Å². The maximum Gasteiger partial charge on any atom is 0.253 e. The molecule has 0 fully saturated rings. The van der Waals surface area contributed by atoms with Crippen molar-refractivity contribution < 1.29 is 22.4 Å². The standard InChI is InChI=1S/C16H18FN3O4S2/c1-10(21)19-9-13-6-7-14(25-13)26(23,24)20(2)15(16(18)22)11-4-3-5-12(17)8-11/h3-8,15H,9H2,1-2H3,(H2,18,22)(H,19,21). The molecule has 0 saturated heterocycles. The third-order valence-electron chi connectivity index (χ3n) is 3.58. The van der Waals surface area contributed by atoms with Crippen molar-refractivity contribution in [2.24, 2.45) is 5.73 Å². The second-order valence-corrected chi connectivity index (χ2v) is 8.90. The van der Waals surface area contributed by atoms with Gasteiger partial charge in [0.2, 0.25) is 11.8 Å². The normalized spacial score (nSPS) is 12.8. The van der Waals surface area contributed by atoms with Crippen molar-refractivity contribution >= 4 is 33.2 Å². The van der Waals surface area contributed by atoms with Crippen molar-refractivity contribution in [3.05, 3.63) is 52.7 Å². The first-order valence-corrected chi connectivity index (χ1v) is 9.74. The SMILES string of the molecule is CC(=O)NCc1ccc(S(=O)(=O)N(C)C(C(N)=O)c2cccc(F)c2)s1. The van der Waals surface area contributed by atoms with E-state index < -0.39 is 27.8 Å². The van der Waals surface area contributed by atoms with E-state index in [1.165, 1.54) is 38.2 Å². The summed E-state index contributed by atoms with van der Waals surface area (Å²) in [5.74, 6) is -1.76. The lowest BCUT2D eigenvalue weighted by molar-refractivity contribution is -0.121. The van der Waals surface area contributed by atoms with Crippen molar-refractivity contribution in [2.75, 3.05) is 7.05 Å². The highest BCUT2D eigenvalue weighted by Crippen LogP contribution is 2.30. The Kier molecular flexibility index (Phi) is 6.11. The van der Waals surface area contributed by atoms with Crippen LogP contribution < -0.4 is 11.1 Å². The van der Waals surface area contributed by atoms with Gasteiger partial charge in [-0.15, -0.1) is 11.3 Å². The van der Waals surface area contributed by atoms with Gasteiger partial charge in [0.15, 0.2) is 0 Å². The largest absolute Gasteiger partial charge is 0.368 e. The van der Waals surface area contributed by atoms with Gasteiger partial charge in [0.25, 0.3) is 10.0 Å². The van der Waals surface area contributed by atoms with Crippen LogP contribution in [0.3, 0.4) is 0 Å². The minimum Gasteiger partial charge on any atom is -0.368 e. The van der Waals surface area contributed by atoms with Gasteiger partial charge in [-0.1, -0.05) is 12.1 Å². The first kappa shape index (κ1) is 20.0. The summed E-state index contributed by atoms with van der Waals surface area (Å²) in [4.78, 5) is 23.5. The van der Waals surface area contributed by atoms with Gasteiger partial charge in [0, 0.05) is 18.8 Å². The Balaban J connectivity index is 2.34. The van der Waals surface area contributed by atoms with Crippen LogP contribution in [0.2, 0.25) is 0 Å². The predicted octanol–water partition coefficient (Wildman–Crippen LogP) is 1.37. The summed E-state index contributed by atoms with van der Waals surface area (Å²) >= 11 is 0.967. The number of benzene rings is 1. The predicted molar refractivity (Wildman–Crippen MR) is 95.1 cm³/mol. The van der Waals surface area contributed by atoms with Crippen molar-refractivity contribution in [1.82, 2.24) is 9.62 Å². The number of sulfonamides is 1. The maximum atomic E-state index is 13.5. The number of halogens is 1. The van der Waals surface area contributed by atoms with Crippen LogP contribution in [-0.4, -0.2) is 31.6 Å². The monoisotopic (exact) mass is 399 g/mol. The molecule has 1 atom stereocenters. The lowest BCUT2D eigenvalue weighted by Gasteiger charge is -2.24. The molecule has 1 aromatic carbocycles. The fourth-order valence-electron chi connectivity index (χ4n) is 2.31. The molecule has 2 rings (SSSR count). The van der Waals surface area contributed by atoms with Gasteiger partial charge in [-0.3, -0.25) is 9.59 Å². The summed E-state index contributed by atoms with van der Waals surface area (Å²) in [6, 6.07) is 6.66. The summed E-state index contributed by atoms with van der Waals surface area (Å²) in [5.41, 5.74) is 5.51. The van der Waals surface area contributed by atoms with Crippen LogP contribution >= 0.6 is 11.3 Å². The number of thiophene rings is 1. The van der Waals surface area contributed by atoms with E-state index in [0.29, 0.717) is 4.88 Å². The summed E-state index contributed by atoms with van der Waals surface area (Å²) in [6.07, 6.45) is 0. The second-order valence-electron chi connectivity index (χ2n) is 5.51. The van der Waals surface area contributed by atoms with Gasteiger partial charge in [0.05, 0.1) is 6.54 Å². The minimum absolute atomic E-state index is 0.0111. The molecule has 2 aromatic rings. The molecule has 140 valence electrons. The Labute approximate surface area is 154 Å². The number of likely N-dealkylation sites (N-methyl/N-ethyl adjacent to an activating group) is 1. The first-order valence-electron chi connectivity index (χ1n) is 7.49. The Hall–Kier alpha value is -2.30. The summed E-state index contributed by atoms with van der Waals surface area (Å²) in [5, 5.41) is 2.58. The Bertz CT molecular complexity index is 927. The second kappa shape index (κ2) is 7.94. The number of hydrogen-bond donors (Lipinski definition) is 2. The van der Waals surface area contributed by atoms with Crippen LogP contribution in [0.1, 0.15) is 23.4 Å². The van der Waals surface area contributed by atoms with Gasteiger partial charge in [0.1, 0.15) is 16.1 Å². The van der Waals surface area contributed by atoms with Crippen molar-refractivity contribution in [3.8, 4) is 0 Å². The van der Waals surface area contributed by atoms with Crippen molar-refractivity contribution in [1.29, 1.82) is 0 Å². The van der Waals surface area contributed by atoms with Gasteiger partial charge < -0.3 is 11.1 Å². The summed E-state index contributed by atoms with van der Waals surface area (Å²) < 4.78 is 40.0. The smallest absolute Gasteiger partial charge is 0.253 e. The van der Waals surface area contributed by atoms with E-state index in [2.05, 4.69) is 5.32 Å². The number of hydrogen-bond acceptors (Lipinski definition) is 5. The molecular formula is C16H18FN3O4S2. The number of carbonyl (C=O) groups is 2. The molecule has 0 aliphatic carbocycles. The molecule has 0 aliphatic heterocycles. The molecule has 0 saturated carbocycles. The lowest BCUT2D eigenvalue weighted by Crippen LogP contribution is -2.38. The van der Waals surface area contributed by atoms with E-state index in [9.17, 15) is 22.4 Å². The number of carbonyl (C=O) groups excluding carboxylic acids is 2. The first-order chi connectivity index (χ1) is 12.1. The molecule has 7 nitrogen and oxygen atoms in total. The number of primary amides is 1. The van der Waals surface area contributed by atoms with E-state index >= 15 is 0 Å². The molecule has 1 unspecified atom stereocenters. The average Bonchev–Trinajstić information content (AvgIpc) is 3.02. The van der Waals surface area contributed by atoms with E-state index in [4.69, 9.17) is 5.73 Å². The van der Waals surface area contributed by atoms with Crippen LogP contribution in [0.25, 0.3) is 0 Å². The molecule has 26 heavy (non-hydrogen) atoms. The molecule has 1 heterocycles. The Morgan fingerprint density at radius 3 is 2.58 bits per heavy atom. The molecule has 10 heteroatoms. The van der Waals surface area contributed by atoms with Crippen LogP contribution in [0.15, 0.2) is 40.6 Å². The average molecular weight is 399 g/mol. The summed E-state index contributed by atoms with van der Waals surface area (Å²) in [7, 11) is -2.83. The zero-order valence-electron chi connectivity index (χ0n) is 14.1. The highest BCUT2D eigenvalue weighted by Gasteiger charge is 2.34. The molecule has 0 aliphatic rings. The molecule has 0 bridgehead atoms. The highest BCUT2D eigenvalue weighted by molar-refractivity contribution is 7.91. The number of nitrogens with zero attached hydrogens (tertiary/aromatic N) is 1. The van der Waals surface area contributed by atoms with Gasteiger partial charge in [-0.05, 0) is 29.8 Å². The van der Waals surface area contributed by atoms with Gasteiger partial charge in [-0.2, -0.15) is 4.31 Å². The topological polar surface area (TPSA) is 110 Å². The molecule has 2 amide bonds. The van der Waals surface area contributed by atoms with Crippen LogP contribution in [0.4, 0.5) is 4.39 Å². The van der Waals surface area contributed by atoms with Crippen molar-refractivity contribution in [2.45, 2.75) is 23.7 Å². The number of nitrogens with two attached hydrogens (primary N) is 1. The van der Waals surface area contributed by atoms with Crippen molar-refractivity contribution in [3.63, 3.8) is 0 Å². The maximum absolute atomic E-state index is 13.5. The third kappa shape index (κ3) is 4.45. The van der Waals surface area contributed by atoms with E-state index in [-0.39, 0.29) is 22.2 Å². The van der Waals surface area contributed by atoms with Gasteiger partial charge >= 0.3 is 0 Å². The molecule has 1 aromatic heterocycles.